The van der Waals surface area contributed by atoms with Gasteiger partial charge in [0.2, 0.25) is 0 Å². The van der Waals surface area contributed by atoms with Gasteiger partial charge in [0.1, 0.15) is 18.5 Å². The zero-order valence-corrected chi connectivity index (χ0v) is 11.1. The van der Waals surface area contributed by atoms with Crippen LogP contribution >= 0.6 is 11.6 Å². The van der Waals surface area contributed by atoms with E-state index < -0.39 is 11.8 Å². The quantitative estimate of drug-likeness (QED) is 0.691. The van der Waals surface area contributed by atoms with Crippen LogP contribution in [-0.4, -0.2) is 27.8 Å². The molecule has 0 radical (unpaired) electrons. The lowest BCUT2D eigenvalue weighted by Gasteiger charge is -2.07. The van der Waals surface area contributed by atoms with Crippen LogP contribution in [0.5, 0.6) is 0 Å². The van der Waals surface area contributed by atoms with Crippen LogP contribution in [0.25, 0.3) is 5.70 Å². The van der Waals surface area contributed by atoms with Gasteiger partial charge in [-0.2, -0.15) is 5.10 Å². The van der Waals surface area contributed by atoms with E-state index >= 15 is 0 Å². The molecule has 1 N–H and O–H groups in total. The van der Waals surface area contributed by atoms with Crippen molar-refractivity contribution in [2.45, 2.75) is 0 Å². The summed E-state index contributed by atoms with van der Waals surface area (Å²) >= 11 is 5.66. The molecule has 104 valence electrons. The summed E-state index contributed by atoms with van der Waals surface area (Å²) in [4.78, 5) is 15.4. The summed E-state index contributed by atoms with van der Waals surface area (Å²) in [5.74, 6) is -1.12. The molecule has 20 heavy (non-hydrogen) atoms. The lowest BCUT2D eigenvalue weighted by atomic mass is 10.3. The average molecular weight is 297 g/mol. The summed E-state index contributed by atoms with van der Waals surface area (Å²) in [6.07, 6.45) is 4.00. The molecule has 1 heterocycles. The Kier molecular flexibility index (Phi) is 4.31. The number of anilines is 1. The monoisotopic (exact) mass is 296 g/mol. The number of carbonyl (C=O) groups excluding carboxylic acids is 1. The molecule has 0 amide bonds. The molecule has 0 atom stereocenters. The topological polar surface area (TPSA) is 69.0 Å². The molecular formula is C12H10ClFN4O2. The molecule has 2 aromatic rings. The van der Waals surface area contributed by atoms with Crippen LogP contribution in [-0.2, 0) is 9.53 Å². The molecule has 0 unspecified atom stereocenters. The standard InChI is InChI=1S/C12H10ClFN4O2/c1-20-12(19)11(18-7-15-6-17-18)5-16-8-2-3-10(14)9(13)4-8/h2-7,16H,1H3. The molecule has 0 saturated carbocycles. The maximum absolute atomic E-state index is 13.0. The van der Waals surface area contributed by atoms with Gasteiger partial charge in [0.25, 0.3) is 0 Å². The molecular weight excluding hydrogens is 287 g/mol. The Labute approximate surface area is 118 Å². The summed E-state index contributed by atoms with van der Waals surface area (Å²) < 4.78 is 18.9. The van der Waals surface area contributed by atoms with Crippen LogP contribution in [0.3, 0.4) is 0 Å². The second-order valence-corrected chi connectivity index (χ2v) is 4.04. The van der Waals surface area contributed by atoms with E-state index in [4.69, 9.17) is 11.6 Å². The van der Waals surface area contributed by atoms with Gasteiger partial charge >= 0.3 is 5.97 Å². The molecule has 1 aromatic carbocycles. The summed E-state index contributed by atoms with van der Waals surface area (Å²) in [6, 6.07) is 4.09. The third-order valence-electron chi connectivity index (χ3n) is 2.36. The number of carbonyl (C=O) groups is 1. The van der Waals surface area contributed by atoms with Gasteiger partial charge in [0.15, 0.2) is 5.70 Å². The van der Waals surface area contributed by atoms with E-state index in [1.165, 1.54) is 48.8 Å². The predicted molar refractivity (Wildman–Crippen MR) is 71.3 cm³/mol. The Bertz CT molecular complexity index is 643. The number of methoxy groups -OCH3 is 1. The molecule has 0 spiro atoms. The van der Waals surface area contributed by atoms with E-state index in [0.29, 0.717) is 5.69 Å². The average Bonchev–Trinajstić information content (AvgIpc) is 2.96. The molecule has 0 aliphatic carbocycles. The Morgan fingerprint density at radius 3 is 2.95 bits per heavy atom. The van der Waals surface area contributed by atoms with E-state index in [9.17, 15) is 9.18 Å². The second-order valence-electron chi connectivity index (χ2n) is 3.63. The summed E-state index contributed by atoms with van der Waals surface area (Å²) in [6.45, 7) is 0. The normalized spacial score (nSPS) is 11.2. The van der Waals surface area contributed by atoms with Crippen molar-refractivity contribution in [1.82, 2.24) is 14.8 Å². The van der Waals surface area contributed by atoms with Crippen LogP contribution in [0.15, 0.2) is 37.1 Å². The highest BCUT2D eigenvalue weighted by Gasteiger charge is 2.12. The van der Waals surface area contributed by atoms with E-state index in [0.717, 1.165) is 0 Å². The Morgan fingerprint density at radius 2 is 2.35 bits per heavy atom. The fourth-order valence-electron chi connectivity index (χ4n) is 1.39. The maximum atomic E-state index is 13.0. The molecule has 0 aliphatic heterocycles. The van der Waals surface area contributed by atoms with Crippen molar-refractivity contribution in [2.24, 2.45) is 0 Å². The molecule has 8 heteroatoms. The van der Waals surface area contributed by atoms with Crippen molar-refractivity contribution in [3.63, 3.8) is 0 Å². The summed E-state index contributed by atoms with van der Waals surface area (Å²) in [5, 5.41) is 6.63. The van der Waals surface area contributed by atoms with Crippen molar-refractivity contribution >= 4 is 29.0 Å². The molecule has 0 fully saturated rings. The smallest absolute Gasteiger partial charge is 0.358 e. The van der Waals surface area contributed by atoms with E-state index in [1.54, 1.807) is 0 Å². The van der Waals surface area contributed by atoms with Crippen LogP contribution in [0.1, 0.15) is 0 Å². The maximum Gasteiger partial charge on any atom is 0.358 e. The second kappa shape index (κ2) is 6.16. The fraction of sp³-hybridized carbons (Fsp3) is 0.0833. The van der Waals surface area contributed by atoms with Gasteiger partial charge in [-0.25, -0.2) is 18.9 Å². The minimum Gasteiger partial charge on any atom is -0.464 e. The van der Waals surface area contributed by atoms with Crippen LogP contribution < -0.4 is 5.32 Å². The minimum absolute atomic E-state index is 0.0243. The van der Waals surface area contributed by atoms with Gasteiger partial charge in [-0.15, -0.1) is 0 Å². The minimum atomic E-state index is -0.601. The highest BCUT2D eigenvalue weighted by molar-refractivity contribution is 6.31. The number of hydrogen-bond acceptors (Lipinski definition) is 5. The first-order chi connectivity index (χ1) is 9.61. The number of nitrogens with zero attached hydrogens (tertiary/aromatic N) is 3. The number of aromatic nitrogens is 3. The number of rotatable bonds is 4. The lowest BCUT2D eigenvalue weighted by Crippen LogP contribution is -2.12. The number of halogens is 2. The molecule has 2 rings (SSSR count). The van der Waals surface area contributed by atoms with Crippen molar-refractivity contribution < 1.29 is 13.9 Å². The van der Waals surface area contributed by atoms with E-state index in [2.05, 4.69) is 20.1 Å². The van der Waals surface area contributed by atoms with E-state index in [-0.39, 0.29) is 10.7 Å². The molecule has 1 aromatic heterocycles. The number of nitrogens with one attached hydrogen (secondary N) is 1. The van der Waals surface area contributed by atoms with Crippen molar-refractivity contribution in [3.05, 3.63) is 47.9 Å². The first-order valence-electron chi connectivity index (χ1n) is 5.47. The van der Waals surface area contributed by atoms with Gasteiger partial charge in [-0.1, -0.05) is 11.6 Å². The zero-order valence-electron chi connectivity index (χ0n) is 10.4. The third-order valence-corrected chi connectivity index (χ3v) is 2.64. The van der Waals surface area contributed by atoms with Crippen LogP contribution in [0.4, 0.5) is 10.1 Å². The molecule has 0 aliphatic rings. The first kappa shape index (κ1) is 14.0. The number of esters is 1. The van der Waals surface area contributed by atoms with Gasteiger partial charge < -0.3 is 10.1 Å². The van der Waals surface area contributed by atoms with E-state index in [1.807, 2.05) is 0 Å². The molecule has 6 nitrogen and oxygen atoms in total. The van der Waals surface area contributed by atoms with Gasteiger partial charge in [-0.05, 0) is 18.2 Å². The number of benzene rings is 1. The summed E-state index contributed by atoms with van der Waals surface area (Å²) in [5.41, 5.74) is 0.628. The highest BCUT2D eigenvalue weighted by Crippen LogP contribution is 2.19. The molecule has 0 saturated heterocycles. The highest BCUT2D eigenvalue weighted by atomic mass is 35.5. The van der Waals surface area contributed by atoms with Crippen molar-refractivity contribution in [2.75, 3.05) is 12.4 Å². The Balaban J connectivity index is 2.25. The van der Waals surface area contributed by atoms with Gasteiger partial charge in [-0.3, -0.25) is 0 Å². The first-order valence-corrected chi connectivity index (χ1v) is 5.84. The van der Waals surface area contributed by atoms with Crippen molar-refractivity contribution in [1.29, 1.82) is 0 Å². The third kappa shape index (κ3) is 3.12. The van der Waals surface area contributed by atoms with Crippen LogP contribution in [0.2, 0.25) is 5.02 Å². The summed E-state index contributed by atoms with van der Waals surface area (Å²) in [7, 11) is 1.25. The Morgan fingerprint density at radius 1 is 1.55 bits per heavy atom. The Hall–Kier alpha value is -2.41. The molecule has 0 bridgehead atoms. The lowest BCUT2D eigenvalue weighted by molar-refractivity contribution is -0.134. The van der Waals surface area contributed by atoms with Gasteiger partial charge in [0.05, 0.1) is 12.1 Å². The fourth-order valence-corrected chi connectivity index (χ4v) is 1.57. The van der Waals surface area contributed by atoms with Crippen molar-refractivity contribution in [3.8, 4) is 0 Å². The largest absolute Gasteiger partial charge is 0.464 e. The SMILES string of the molecule is COC(=O)C(=CNc1ccc(F)c(Cl)c1)n1cncn1. The number of ether oxygens (including phenoxy) is 1. The predicted octanol–water partition coefficient (Wildman–Crippen LogP) is 2.15. The van der Waals surface area contributed by atoms with Crippen LogP contribution in [0, 0.1) is 5.82 Å². The van der Waals surface area contributed by atoms with Gasteiger partial charge in [0, 0.05) is 11.9 Å². The zero-order chi connectivity index (χ0) is 14.5. The number of hydrogen-bond donors (Lipinski definition) is 1.